The molecule has 62 valence electrons. The van der Waals surface area contributed by atoms with Gasteiger partial charge in [-0.25, -0.2) is 0 Å². The second-order valence-electron chi connectivity index (χ2n) is 2.64. The van der Waals surface area contributed by atoms with Gasteiger partial charge in [-0.05, 0) is 11.6 Å². The predicted octanol–water partition coefficient (Wildman–Crippen LogP) is 2.33. The van der Waals surface area contributed by atoms with Gasteiger partial charge in [-0.1, -0.05) is 24.3 Å². The summed E-state index contributed by atoms with van der Waals surface area (Å²) in [6, 6.07) is 8.03. The molecule has 2 nitrogen and oxygen atoms in total. The highest BCUT2D eigenvalue weighted by molar-refractivity contribution is 5.54. The van der Waals surface area contributed by atoms with Crippen molar-refractivity contribution in [1.82, 2.24) is 0 Å². The molecule has 0 bridgehead atoms. The van der Waals surface area contributed by atoms with E-state index in [2.05, 4.69) is 0 Å². The van der Waals surface area contributed by atoms with Gasteiger partial charge in [-0.15, -0.1) is 0 Å². The maximum absolute atomic E-state index is 5.25. The number of hydrogen-bond acceptors (Lipinski definition) is 2. The molecule has 1 aromatic rings. The lowest BCUT2D eigenvalue weighted by molar-refractivity contribution is -0.0872. The Morgan fingerprint density at radius 2 is 2.17 bits per heavy atom. The minimum absolute atomic E-state index is 0.244. The highest BCUT2D eigenvalue weighted by Gasteiger charge is 2.15. The summed E-state index contributed by atoms with van der Waals surface area (Å²) in [6.07, 6.45) is 3.35. The Balaban J connectivity index is 2.45. The molecular weight excluding hydrogens is 152 g/mol. The molecule has 1 aliphatic heterocycles. The van der Waals surface area contributed by atoms with Crippen LogP contribution in [0.4, 0.5) is 0 Å². The highest BCUT2D eigenvalue weighted by Crippen LogP contribution is 2.27. The van der Waals surface area contributed by atoms with E-state index in [0.717, 1.165) is 11.1 Å². The fourth-order valence-electron chi connectivity index (χ4n) is 1.32. The highest BCUT2D eigenvalue weighted by atomic mass is 16.7. The summed E-state index contributed by atoms with van der Waals surface area (Å²) < 4.78 is 10.4. The van der Waals surface area contributed by atoms with Crippen molar-refractivity contribution in [3.8, 4) is 0 Å². The van der Waals surface area contributed by atoms with Crippen molar-refractivity contribution in [2.24, 2.45) is 0 Å². The molecule has 1 unspecified atom stereocenters. The lowest BCUT2D eigenvalue weighted by atomic mass is 10.1. The fourth-order valence-corrected chi connectivity index (χ4v) is 1.32. The first-order chi connectivity index (χ1) is 5.92. The summed E-state index contributed by atoms with van der Waals surface area (Å²) in [5.41, 5.74) is 2.25. The smallest absolute Gasteiger partial charge is 0.226 e. The Morgan fingerprint density at radius 1 is 1.33 bits per heavy atom. The van der Waals surface area contributed by atoms with Gasteiger partial charge in [0, 0.05) is 12.7 Å². The summed E-state index contributed by atoms with van der Waals surface area (Å²) >= 11 is 0. The minimum Gasteiger partial charge on any atom is -0.468 e. The van der Waals surface area contributed by atoms with E-state index in [1.54, 1.807) is 13.4 Å². The van der Waals surface area contributed by atoms with Crippen molar-refractivity contribution in [2.75, 3.05) is 7.11 Å². The monoisotopic (exact) mass is 162 g/mol. The van der Waals surface area contributed by atoms with Crippen LogP contribution in [0.3, 0.4) is 0 Å². The van der Waals surface area contributed by atoms with E-state index in [-0.39, 0.29) is 6.29 Å². The van der Waals surface area contributed by atoms with Crippen LogP contribution in [0.2, 0.25) is 0 Å². The summed E-state index contributed by atoms with van der Waals surface area (Å²) in [5, 5.41) is 0. The van der Waals surface area contributed by atoms with E-state index in [1.165, 1.54) is 0 Å². The molecule has 0 aliphatic carbocycles. The lowest BCUT2D eigenvalue weighted by Gasteiger charge is -2.20. The zero-order chi connectivity index (χ0) is 8.39. The van der Waals surface area contributed by atoms with Crippen molar-refractivity contribution in [2.45, 2.75) is 6.29 Å². The summed E-state index contributed by atoms with van der Waals surface area (Å²) in [6.45, 7) is 0. The van der Waals surface area contributed by atoms with Crippen LogP contribution in [-0.2, 0) is 9.47 Å². The Hall–Kier alpha value is -1.28. The molecule has 1 aromatic carbocycles. The van der Waals surface area contributed by atoms with Gasteiger partial charge in [-0.3, -0.25) is 0 Å². The normalized spacial score (nSPS) is 19.9. The molecular formula is C10H10O2. The summed E-state index contributed by atoms with van der Waals surface area (Å²) in [7, 11) is 1.64. The number of rotatable bonds is 1. The second kappa shape index (κ2) is 2.99. The summed E-state index contributed by atoms with van der Waals surface area (Å²) in [4.78, 5) is 0. The first-order valence-corrected chi connectivity index (χ1v) is 3.85. The molecule has 0 saturated carbocycles. The van der Waals surface area contributed by atoms with Gasteiger partial charge in [0.1, 0.15) is 0 Å². The predicted molar refractivity (Wildman–Crippen MR) is 46.3 cm³/mol. The van der Waals surface area contributed by atoms with Crippen molar-refractivity contribution >= 4 is 6.08 Å². The standard InChI is InChI=1S/C10H10O2/c1-11-10-9-5-3-2-4-8(9)6-7-12-10/h2-7,10H,1H3. The number of benzene rings is 1. The Kier molecular flexibility index (Phi) is 1.84. The molecule has 1 atom stereocenters. The van der Waals surface area contributed by atoms with E-state index in [9.17, 15) is 0 Å². The van der Waals surface area contributed by atoms with Crippen LogP contribution in [-0.4, -0.2) is 7.11 Å². The van der Waals surface area contributed by atoms with Crippen molar-refractivity contribution in [3.05, 3.63) is 41.7 Å². The number of methoxy groups -OCH3 is 1. The van der Waals surface area contributed by atoms with Crippen molar-refractivity contribution in [1.29, 1.82) is 0 Å². The average molecular weight is 162 g/mol. The van der Waals surface area contributed by atoms with Crippen LogP contribution in [0.5, 0.6) is 0 Å². The van der Waals surface area contributed by atoms with Gasteiger partial charge in [0.05, 0.1) is 6.26 Å². The van der Waals surface area contributed by atoms with Crippen LogP contribution in [0.15, 0.2) is 30.5 Å². The Morgan fingerprint density at radius 3 is 3.00 bits per heavy atom. The molecule has 0 fully saturated rings. The Labute approximate surface area is 71.4 Å². The van der Waals surface area contributed by atoms with E-state index < -0.39 is 0 Å². The Bertz CT molecular complexity index is 304. The summed E-state index contributed by atoms with van der Waals surface area (Å²) in [5.74, 6) is 0. The van der Waals surface area contributed by atoms with Crippen LogP contribution >= 0.6 is 0 Å². The second-order valence-corrected chi connectivity index (χ2v) is 2.64. The maximum Gasteiger partial charge on any atom is 0.226 e. The van der Waals surface area contributed by atoms with Gasteiger partial charge < -0.3 is 9.47 Å². The fraction of sp³-hybridized carbons (Fsp3) is 0.200. The molecule has 1 aliphatic rings. The molecule has 0 N–H and O–H groups in total. The van der Waals surface area contributed by atoms with Crippen molar-refractivity contribution < 1.29 is 9.47 Å². The third kappa shape index (κ3) is 1.10. The first kappa shape index (κ1) is 7.37. The van der Waals surface area contributed by atoms with Crippen LogP contribution in [0.1, 0.15) is 17.4 Å². The molecule has 0 radical (unpaired) electrons. The zero-order valence-electron chi connectivity index (χ0n) is 6.86. The molecule has 12 heavy (non-hydrogen) atoms. The van der Waals surface area contributed by atoms with E-state index in [1.807, 2.05) is 30.3 Å². The van der Waals surface area contributed by atoms with Crippen LogP contribution in [0.25, 0.3) is 6.08 Å². The molecule has 2 heteroatoms. The molecule has 0 spiro atoms. The van der Waals surface area contributed by atoms with E-state index in [0.29, 0.717) is 0 Å². The number of ether oxygens (including phenoxy) is 2. The van der Waals surface area contributed by atoms with Gasteiger partial charge >= 0.3 is 0 Å². The third-order valence-electron chi connectivity index (χ3n) is 1.91. The largest absolute Gasteiger partial charge is 0.468 e. The topological polar surface area (TPSA) is 18.5 Å². The van der Waals surface area contributed by atoms with Crippen molar-refractivity contribution in [3.63, 3.8) is 0 Å². The van der Waals surface area contributed by atoms with Crippen LogP contribution in [0, 0.1) is 0 Å². The maximum atomic E-state index is 5.25. The van der Waals surface area contributed by atoms with E-state index >= 15 is 0 Å². The number of fused-ring (bicyclic) bond motifs is 1. The average Bonchev–Trinajstić information content (AvgIpc) is 2.17. The van der Waals surface area contributed by atoms with Crippen LogP contribution < -0.4 is 0 Å². The quantitative estimate of drug-likeness (QED) is 0.631. The molecule has 1 heterocycles. The van der Waals surface area contributed by atoms with Gasteiger partial charge in [0.15, 0.2) is 0 Å². The minimum atomic E-state index is -0.244. The molecule has 0 amide bonds. The SMILES string of the molecule is COC1OC=Cc2ccccc21. The molecule has 0 aromatic heterocycles. The molecule has 0 saturated heterocycles. The zero-order valence-corrected chi connectivity index (χ0v) is 6.86. The lowest BCUT2D eigenvalue weighted by Crippen LogP contribution is -2.07. The van der Waals surface area contributed by atoms with Gasteiger partial charge in [-0.2, -0.15) is 0 Å². The number of hydrogen-bond donors (Lipinski definition) is 0. The van der Waals surface area contributed by atoms with E-state index in [4.69, 9.17) is 9.47 Å². The van der Waals surface area contributed by atoms with Gasteiger partial charge in [0.25, 0.3) is 0 Å². The van der Waals surface area contributed by atoms with Gasteiger partial charge in [0.2, 0.25) is 6.29 Å². The molecule has 2 rings (SSSR count). The first-order valence-electron chi connectivity index (χ1n) is 3.85. The third-order valence-corrected chi connectivity index (χ3v) is 1.91.